The Labute approximate surface area is 153 Å². The Hall–Kier alpha value is -1.44. The van der Waals surface area contributed by atoms with Crippen LogP contribution in [0.15, 0.2) is 24.3 Å². The average Bonchev–Trinajstić information content (AvgIpc) is 2.58. The standard InChI is InChI=1S/C17H23ClN2O4S/c1-25(23,24)19-12-15-4-2-3-11-20(15)17(22)10-9-16(21)13-5-7-14(18)8-6-13/h5-8,15,19H,2-4,9-12H2,1H3. The van der Waals surface area contributed by atoms with Crippen molar-refractivity contribution in [2.75, 3.05) is 19.3 Å². The maximum absolute atomic E-state index is 12.5. The number of carbonyl (C=O) groups excluding carboxylic acids is 2. The van der Waals surface area contributed by atoms with Crippen molar-refractivity contribution in [1.29, 1.82) is 0 Å². The molecule has 1 fully saturated rings. The Bertz CT molecular complexity index is 719. The summed E-state index contributed by atoms with van der Waals surface area (Å²) in [7, 11) is -3.29. The van der Waals surface area contributed by atoms with Crippen LogP contribution in [0.25, 0.3) is 0 Å². The van der Waals surface area contributed by atoms with Gasteiger partial charge in [0.15, 0.2) is 5.78 Å². The largest absolute Gasteiger partial charge is 0.338 e. The minimum atomic E-state index is -3.29. The zero-order valence-corrected chi connectivity index (χ0v) is 15.8. The molecule has 1 saturated heterocycles. The molecule has 1 aromatic carbocycles. The normalized spacial score (nSPS) is 18.2. The van der Waals surface area contributed by atoms with E-state index in [1.807, 2.05) is 0 Å². The Morgan fingerprint density at radius 2 is 1.88 bits per heavy atom. The smallest absolute Gasteiger partial charge is 0.223 e. The number of nitrogens with zero attached hydrogens (tertiary/aromatic N) is 1. The van der Waals surface area contributed by atoms with E-state index in [1.54, 1.807) is 29.2 Å². The number of ketones is 1. The number of halogens is 1. The van der Waals surface area contributed by atoms with Crippen molar-refractivity contribution in [1.82, 2.24) is 9.62 Å². The molecule has 8 heteroatoms. The number of likely N-dealkylation sites (tertiary alicyclic amines) is 1. The van der Waals surface area contributed by atoms with E-state index in [1.165, 1.54) is 0 Å². The Morgan fingerprint density at radius 1 is 1.20 bits per heavy atom. The van der Waals surface area contributed by atoms with Crippen molar-refractivity contribution in [3.63, 3.8) is 0 Å². The van der Waals surface area contributed by atoms with E-state index in [9.17, 15) is 18.0 Å². The van der Waals surface area contributed by atoms with Crippen molar-refractivity contribution >= 4 is 33.3 Å². The molecule has 0 radical (unpaired) electrons. The van der Waals surface area contributed by atoms with Crippen molar-refractivity contribution in [3.8, 4) is 0 Å². The topological polar surface area (TPSA) is 83.6 Å². The van der Waals surface area contributed by atoms with Crippen LogP contribution in [0.4, 0.5) is 0 Å². The third-order valence-corrected chi connectivity index (χ3v) is 5.20. The average molecular weight is 387 g/mol. The van der Waals surface area contributed by atoms with Crippen LogP contribution in [0.5, 0.6) is 0 Å². The molecule has 0 aromatic heterocycles. The number of Topliss-reactive ketones (excluding diaryl/α,β-unsaturated/α-hetero) is 1. The number of piperidine rings is 1. The van der Waals surface area contributed by atoms with Gasteiger partial charge in [-0.25, -0.2) is 13.1 Å². The van der Waals surface area contributed by atoms with Gasteiger partial charge in [0.25, 0.3) is 0 Å². The van der Waals surface area contributed by atoms with E-state index in [0.717, 1.165) is 25.5 Å². The number of amides is 1. The molecular weight excluding hydrogens is 364 g/mol. The molecule has 2 rings (SSSR count). The van der Waals surface area contributed by atoms with Crippen LogP contribution in [0, 0.1) is 0 Å². The van der Waals surface area contributed by atoms with E-state index in [2.05, 4.69) is 4.72 Å². The van der Waals surface area contributed by atoms with Gasteiger partial charge in [0, 0.05) is 42.6 Å². The van der Waals surface area contributed by atoms with Crippen LogP contribution in [0.3, 0.4) is 0 Å². The summed E-state index contributed by atoms with van der Waals surface area (Å²) in [6, 6.07) is 6.44. The van der Waals surface area contributed by atoms with Crippen LogP contribution < -0.4 is 4.72 Å². The van der Waals surface area contributed by atoms with Gasteiger partial charge < -0.3 is 4.90 Å². The maximum Gasteiger partial charge on any atom is 0.223 e. The van der Waals surface area contributed by atoms with Crippen molar-refractivity contribution in [3.05, 3.63) is 34.9 Å². The first kappa shape index (κ1) is 19.9. The maximum atomic E-state index is 12.5. The number of carbonyl (C=O) groups is 2. The predicted molar refractivity (Wildman–Crippen MR) is 97.2 cm³/mol. The fraction of sp³-hybridized carbons (Fsp3) is 0.529. The van der Waals surface area contributed by atoms with E-state index >= 15 is 0 Å². The molecular formula is C17H23ClN2O4S. The van der Waals surface area contributed by atoms with Gasteiger partial charge in [0.1, 0.15) is 0 Å². The third-order valence-electron chi connectivity index (χ3n) is 4.26. The highest BCUT2D eigenvalue weighted by Crippen LogP contribution is 2.19. The number of nitrogens with one attached hydrogen (secondary N) is 1. The molecule has 1 heterocycles. The van der Waals surface area contributed by atoms with E-state index in [4.69, 9.17) is 11.6 Å². The van der Waals surface area contributed by atoms with Crippen LogP contribution in [-0.2, 0) is 14.8 Å². The first-order valence-corrected chi connectivity index (χ1v) is 10.6. The SMILES string of the molecule is CS(=O)(=O)NCC1CCCCN1C(=O)CCC(=O)c1ccc(Cl)cc1. The fourth-order valence-corrected chi connectivity index (χ4v) is 3.55. The molecule has 6 nitrogen and oxygen atoms in total. The lowest BCUT2D eigenvalue weighted by Crippen LogP contribution is -2.49. The highest BCUT2D eigenvalue weighted by Gasteiger charge is 2.27. The van der Waals surface area contributed by atoms with Crippen LogP contribution in [0.1, 0.15) is 42.5 Å². The number of benzene rings is 1. The lowest BCUT2D eigenvalue weighted by Gasteiger charge is -2.35. The fourth-order valence-electron chi connectivity index (χ4n) is 2.93. The molecule has 0 spiro atoms. The Morgan fingerprint density at radius 3 is 2.52 bits per heavy atom. The third kappa shape index (κ3) is 6.41. The molecule has 138 valence electrons. The molecule has 1 atom stereocenters. The summed E-state index contributed by atoms with van der Waals surface area (Å²) in [5.41, 5.74) is 0.533. The number of rotatable bonds is 7. The summed E-state index contributed by atoms with van der Waals surface area (Å²) >= 11 is 5.80. The lowest BCUT2D eigenvalue weighted by molar-refractivity contribution is -0.134. The highest BCUT2D eigenvalue weighted by molar-refractivity contribution is 7.88. The molecule has 1 unspecified atom stereocenters. The van der Waals surface area contributed by atoms with E-state index < -0.39 is 10.0 Å². The second kappa shape index (κ2) is 8.78. The van der Waals surface area contributed by atoms with Gasteiger partial charge >= 0.3 is 0 Å². The first-order valence-electron chi connectivity index (χ1n) is 8.29. The summed E-state index contributed by atoms with van der Waals surface area (Å²) in [5.74, 6) is -0.213. The molecule has 1 N–H and O–H groups in total. The molecule has 1 aliphatic heterocycles. The predicted octanol–water partition coefficient (Wildman–Crippen LogP) is 2.23. The Balaban J connectivity index is 1.90. The molecule has 25 heavy (non-hydrogen) atoms. The first-order chi connectivity index (χ1) is 11.8. The molecule has 0 bridgehead atoms. The van der Waals surface area contributed by atoms with Gasteiger partial charge in [0.05, 0.1) is 6.26 Å². The second-order valence-electron chi connectivity index (χ2n) is 6.29. The van der Waals surface area contributed by atoms with E-state index in [-0.39, 0.29) is 37.1 Å². The number of sulfonamides is 1. The summed E-state index contributed by atoms with van der Waals surface area (Å²) in [5, 5.41) is 0.558. The molecule has 0 aliphatic carbocycles. The molecule has 1 aromatic rings. The molecule has 1 amide bonds. The minimum absolute atomic E-state index is 0.104. The quantitative estimate of drug-likeness (QED) is 0.728. The number of hydrogen-bond donors (Lipinski definition) is 1. The summed E-state index contributed by atoms with van der Waals surface area (Å²) < 4.78 is 25.0. The van der Waals surface area contributed by atoms with Gasteiger partial charge in [-0.15, -0.1) is 0 Å². The van der Waals surface area contributed by atoms with Gasteiger partial charge in [-0.05, 0) is 43.5 Å². The van der Waals surface area contributed by atoms with Crippen molar-refractivity contribution in [2.45, 2.75) is 38.1 Å². The zero-order chi connectivity index (χ0) is 18.4. The Kier molecular flexibility index (Phi) is 6.98. The lowest BCUT2D eigenvalue weighted by atomic mass is 10.0. The summed E-state index contributed by atoms with van der Waals surface area (Å²) in [6.45, 7) is 0.819. The zero-order valence-electron chi connectivity index (χ0n) is 14.2. The van der Waals surface area contributed by atoms with Gasteiger partial charge in [-0.2, -0.15) is 0 Å². The second-order valence-corrected chi connectivity index (χ2v) is 8.56. The molecule has 0 saturated carbocycles. The van der Waals surface area contributed by atoms with Crippen LogP contribution >= 0.6 is 11.6 Å². The summed E-state index contributed by atoms with van der Waals surface area (Å²) in [4.78, 5) is 26.4. The summed E-state index contributed by atoms with van der Waals surface area (Å²) in [6.07, 6.45) is 3.97. The van der Waals surface area contributed by atoms with Crippen LogP contribution in [0.2, 0.25) is 5.02 Å². The van der Waals surface area contributed by atoms with Crippen molar-refractivity contribution < 1.29 is 18.0 Å². The van der Waals surface area contributed by atoms with Gasteiger partial charge in [-0.1, -0.05) is 11.6 Å². The molecule has 1 aliphatic rings. The van der Waals surface area contributed by atoms with Crippen molar-refractivity contribution in [2.24, 2.45) is 0 Å². The number of hydrogen-bond acceptors (Lipinski definition) is 4. The van der Waals surface area contributed by atoms with Gasteiger partial charge in [-0.3, -0.25) is 9.59 Å². The van der Waals surface area contributed by atoms with Crippen LogP contribution in [-0.4, -0.2) is 50.4 Å². The van der Waals surface area contributed by atoms with Gasteiger partial charge in [0.2, 0.25) is 15.9 Å². The minimum Gasteiger partial charge on any atom is -0.338 e. The highest BCUT2D eigenvalue weighted by atomic mass is 35.5. The monoisotopic (exact) mass is 386 g/mol. The van der Waals surface area contributed by atoms with E-state index in [0.29, 0.717) is 17.1 Å².